The molecule has 0 N–H and O–H groups in total. The summed E-state index contributed by atoms with van der Waals surface area (Å²) in [5.74, 6) is 0.111. The Morgan fingerprint density at radius 2 is 2.11 bits per heavy atom. The molecular weight excluding hydrogens is 240 g/mol. The summed E-state index contributed by atoms with van der Waals surface area (Å²) in [5.41, 5.74) is 2.15. The van der Waals surface area contributed by atoms with Crippen LogP contribution in [-0.2, 0) is 16.1 Å². The first kappa shape index (κ1) is 13.7. The van der Waals surface area contributed by atoms with E-state index in [1.165, 1.54) is 5.56 Å². The van der Waals surface area contributed by atoms with Gasteiger partial charge in [0.2, 0.25) is 5.91 Å². The van der Waals surface area contributed by atoms with Crippen LogP contribution in [0.1, 0.15) is 31.7 Å². The topological polar surface area (TPSA) is 41.9 Å². The van der Waals surface area contributed by atoms with E-state index in [1.54, 1.807) is 5.01 Å². The molecule has 1 aromatic rings. The van der Waals surface area contributed by atoms with Gasteiger partial charge in [0.05, 0.1) is 13.0 Å². The highest BCUT2D eigenvalue weighted by Crippen LogP contribution is 2.10. The van der Waals surface area contributed by atoms with Crippen molar-refractivity contribution in [2.45, 2.75) is 32.8 Å². The lowest BCUT2D eigenvalue weighted by molar-refractivity contribution is -0.128. The van der Waals surface area contributed by atoms with E-state index in [4.69, 9.17) is 4.74 Å². The predicted molar refractivity (Wildman–Crippen MR) is 74.8 cm³/mol. The molecule has 0 saturated heterocycles. The number of benzene rings is 1. The van der Waals surface area contributed by atoms with Crippen LogP contribution < -0.4 is 0 Å². The molecule has 19 heavy (non-hydrogen) atoms. The molecular formula is C15H20N2O2. The zero-order chi connectivity index (χ0) is 13.5. The van der Waals surface area contributed by atoms with Gasteiger partial charge in [0.15, 0.2) is 0 Å². The lowest BCUT2D eigenvalue weighted by Gasteiger charge is -2.11. The minimum Gasteiger partial charge on any atom is -0.377 e. The lowest BCUT2D eigenvalue weighted by atomic mass is 10.2. The molecule has 1 heterocycles. The van der Waals surface area contributed by atoms with E-state index in [0.717, 1.165) is 18.6 Å². The SMILES string of the molecule is CCC1=NN(CCCOCc2ccccc2)C(=O)C1. The third-order valence-corrected chi connectivity index (χ3v) is 3.08. The summed E-state index contributed by atoms with van der Waals surface area (Å²) in [6.07, 6.45) is 2.16. The van der Waals surface area contributed by atoms with Crippen LogP contribution in [0, 0.1) is 0 Å². The maximum absolute atomic E-state index is 11.6. The molecule has 1 aliphatic heterocycles. The maximum atomic E-state index is 11.6. The Morgan fingerprint density at radius 3 is 2.79 bits per heavy atom. The summed E-state index contributed by atoms with van der Waals surface area (Å²) >= 11 is 0. The Labute approximate surface area is 114 Å². The van der Waals surface area contributed by atoms with Crippen LogP contribution >= 0.6 is 0 Å². The van der Waals surface area contributed by atoms with Crippen LogP contribution in [0.15, 0.2) is 35.4 Å². The highest BCUT2D eigenvalue weighted by atomic mass is 16.5. The van der Waals surface area contributed by atoms with Crippen molar-refractivity contribution in [1.29, 1.82) is 0 Å². The third-order valence-electron chi connectivity index (χ3n) is 3.08. The van der Waals surface area contributed by atoms with Crippen molar-refractivity contribution >= 4 is 11.6 Å². The quantitative estimate of drug-likeness (QED) is 0.707. The minimum atomic E-state index is 0.111. The highest BCUT2D eigenvalue weighted by Gasteiger charge is 2.21. The van der Waals surface area contributed by atoms with Crippen molar-refractivity contribution in [3.05, 3.63) is 35.9 Å². The van der Waals surface area contributed by atoms with Gasteiger partial charge in [0.1, 0.15) is 0 Å². The van der Waals surface area contributed by atoms with Crippen LogP contribution in [0.4, 0.5) is 0 Å². The summed E-state index contributed by atoms with van der Waals surface area (Å²) < 4.78 is 5.58. The molecule has 0 unspecified atom stereocenters. The Bertz CT molecular complexity index is 443. The van der Waals surface area contributed by atoms with E-state index in [9.17, 15) is 4.79 Å². The van der Waals surface area contributed by atoms with Gasteiger partial charge in [-0.2, -0.15) is 5.10 Å². The molecule has 0 aliphatic carbocycles. The zero-order valence-electron chi connectivity index (χ0n) is 11.3. The molecule has 4 nitrogen and oxygen atoms in total. The summed E-state index contributed by atoms with van der Waals surface area (Å²) in [4.78, 5) is 11.6. The number of ether oxygens (including phenoxy) is 1. The first-order valence-electron chi connectivity index (χ1n) is 6.78. The second-order valence-corrected chi connectivity index (χ2v) is 4.61. The van der Waals surface area contributed by atoms with Crippen LogP contribution in [-0.4, -0.2) is 29.8 Å². The summed E-state index contributed by atoms with van der Waals surface area (Å²) in [6.45, 7) is 3.95. The molecule has 0 saturated carbocycles. The third kappa shape index (κ3) is 4.17. The Morgan fingerprint density at radius 1 is 1.32 bits per heavy atom. The summed E-state index contributed by atoms with van der Waals surface area (Å²) in [6, 6.07) is 10.1. The van der Waals surface area contributed by atoms with Crippen molar-refractivity contribution in [3.8, 4) is 0 Å². The van der Waals surface area contributed by atoms with Gasteiger partial charge in [0, 0.05) is 18.9 Å². The summed E-state index contributed by atoms with van der Waals surface area (Å²) in [7, 11) is 0. The number of carbonyl (C=O) groups is 1. The van der Waals surface area contributed by atoms with E-state index < -0.39 is 0 Å². The van der Waals surface area contributed by atoms with Crippen molar-refractivity contribution in [1.82, 2.24) is 5.01 Å². The normalized spacial score (nSPS) is 14.9. The van der Waals surface area contributed by atoms with Gasteiger partial charge in [0.25, 0.3) is 0 Å². The van der Waals surface area contributed by atoms with Crippen molar-refractivity contribution in [2.75, 3.05) is 13.2 Å². The number of hydrogen-bond acceptors (Lipinski definition) is 3. The van der Waals surface area contributed by atoms with E-state index in [-0.39, 0.29) is 5.91 Å². The average Bonchev–Trinajstić information content (AvgIpc) is 2.80. The summed E-state index contributed by atoms with van der Waals surface area (Å²) in [5, 5.41) is 5.86. The number of carbonyl (C=O) groups excluding carboxylic acids is 1. The highest BCUT2D eigenvalue weighted by molar-refractivity contribution is 6.04. The largest absolute Gasteiger partial charge is 0.377 e. The van der Waals surface area contributed by atoms with Gasteiger partial charge in [-0.1, -0.05) is 37.3 Å². The fraction of sp³-hybridized carbons (Fsp3) is 0.467. The average molecular weight is 260 g/mol. The van der Waals surface area contributed by atoms with Crippen molar-refractivity contribution in [2.24, 2.45) is 5.10 Å². The molecule has 1 aliphatic rings. The van der Waals surface area contributed by atoms with Crippen LogP contribution in [0.5, 0.6) is 0 Å². The molecule has 0 aromatic heterocycles. The second kappa shape index (κ2) is 7.04. The molecule has 4 heteroatoms. The smallest absolute Gasteiger partial charge is 0.248 e. The van der Waals surface area contributed by atoms with E-state index >= 15 is 0 Å². The number of amides is 1. The van der Waals surface area contributed by atoms with Crippen LogP contribution in [0.3, 0.4) is 0 Å². The fourth-order valence-electron chi connectivity index (χ4n) is 1.98. The monoisotopic (exact) mass is 260 g/mol. The molecule has 2 rings (SSSR count). The first-order chi connectivity index (χ1) is 9.29. The van der Waals surface area contributed by atoms with Crippen LogP contribution in [0.2, 0.25) is 0 Å². The van der Waals surface area contributed by atoms with E-state index in [1.807, 2.05) is 37.3 Å². The molecule has 0 fully saturated rings. The van der Waals surface area contributed by atoms with E-state index in [0.29, 0.717) is 26.2 Å². The standard InChI is InChI=1S/C15H20N2O2/c1-2-14-11-15(18)17(16-14)9-6-10-19-12-13-7-4-3-5-8-13/h3-5,7-8H,2,6,9-12H2,1H3. The van der Waals surface area contributed by atoms with Gasteiger partial charge < -0.3 is 4.74 Å². The molecule has 1 aromatic carbocycles. The Balaban J connectivity index is 1.62. The number of nitrogens with zero attached hydrogens (tertiary/aromatic N) is 2. The predicted octanol–water partition coefficient (Wildman–Crippen LogP) is 2.59. The molecule has 0 spiro atoms. The first-order valence-corrected chi connectivity index (χ1v) is 6.78. The number of hydrogen-bond donors (Lipinski definition) is 0. The van der Waals surface area contributed by atoms with Crippen LogP contribution in [0.25, 0.3) is 0 Å². The zero-order valence-corrected chi connectivity index (χ0v) is 11.3. The molecule has 102 valence electrons. The van der Waals surface area contributed by atoms with Gasteiger partial charge in [-0.25, -0.2) is 5.01 Å². The maximum Gasteiger partial charge on any atom is 0.248 e. The van der Waals surface area contributed by atoms with Crippen molar-refractivity contribution in [3.63, 3.8) is 0 Å². The van der Waals surface area contributed by atoms with Crippen molar-refractivity contribution < 1.29 is 9.53 Å². The van der Waals surface area contributed by atoms with Gasteiger partial charge in [-0.15, -0.1) is 0 Å². The molecule has 0 bridgehead atoms. The molecule has 0 atom stereocenters. The molecule has 1 amide bonds. The number of hydrazone groups is 1. The number of rotatable bonds is 7. The van der Waals surface area contributed by atoms with E-state index in [2.05, 4.69) is 5.10 Å². The second-order valence-electron chi connectivity index (χ2n) is 4.61. The fourth-order valence-corrected chi connectivity index (χ4v) is 1.98. The molecule has 0 radical (unpaired) electrons. The minimum absolute atomic E-state index is 0.111. The van der Waals surface area contributed by atoms with Gasteiger partial charge in [-0.05, 0) is 18.4 Å². The Hall–Kier alpha value is -1.68. The van der Waals surface area contributed by atoms with Gasteiger partial charge in [-0.3, -0.25) is 4.79 Å². The van der Waals surface area contributed by atoms with Gasteiger partial charge >= 0.3 is 0 Å². The Kier molecular flexibility index (Phi) is 5.10. The lowest BCUT2D eigenvalue weighted by Crippen LogP contribution is -2.22.